The van der Waals surface area contributed by atoms with Gasteiger partial charge in [0, 0.05) is 57.3 Å². The second kappa shape index (κ2) is 9.14. The first-order valence-corrected chi connectivity index (χ1v) is 9.01. The number of hydrogen-bond donors (Lipinski definition) is 1. The van der Waals surface area contributed by atoms with Crippen LogP contribution in [0.2, 0.25) is 0 Å². The Morgan fingerprint density at radius 2 is 1.85 bits per heavy atom. The molecule has 1 aliphatic rings. The first-order chi connectivity index (χ1) is 13.2. The van der Waals surface area contributed by atoms with E-state index in [0.29, 0.717) is 31.8 Å². The Morgan fingerprint density at radius 3 is 2.56 bits per heavy atom. The molecule has 2 heterocycles. The molecule has 27 heavy (non-hydrogen) atoms. The van der Waals surface area contributed by atoms with Crippen LogP contribution in [0.3, 0.4) is 0 Å². The summed E-state index contributed by atoms with van der Waals surface area (Å²) < 4.78 is 4.91. The number of carbonyl (C=O) groups is 2. The van der Waals surface area contributed by atoms with Crippen LogP contribution in [0.15, 0.2) is 48.7 Å². The second-order valence-corrected chi connectivity index (χ2v) is 6.29. The van der Waals surface area contributed by atoms with E-state index in [0.717, 1.165) is 13.1 Å². The lowest BCUT2D eigenvalue weighted by Crippen LogP contribution is -2.48. The summed E-state index contributed by atoms with van der Waals surface area (Å²) in [6.45, 7) is 3.68. The molecule has 7 heteroatoms. The van der Waals surface area contributed by atoms with Crippen LogP contribution in [0.1, 0.15) is 20.8 Å². The molecule has 3 rings (SSSR count). The minimum atomic E-state index is -0.310. The molecule has 1 aliphatic heterocycles. The minimum Gasteiger partial charge on any atom is -0.383 e. The van der Waals surface area contributed by atoms with Gasteiger partial charge in [0.1, 0.15) is 5.69 Å². The Kier molecular flexibility index (Phi) is 6.38. The van der Waals surface area contributed by atoms with Crippen LogP contribution < -0.4 is 10.2 Å². The summed E-state index contributed by atoms with van der Waals surface area (Å²) in [5.41, 5.74) is 1.89. The molecule has 7 nitrogen and oxygen atoms in total. The fraction of sp³-hybridized carbons (Fsp3) is 0.350. The van der Waals surface area contributed by atoms with Gasteiger partial charge in [-0.1, -0.05) is 18.2 Å². The summed E-state index contributed by atoms with van der Waals surface area (Å²) in [6.07, 6.45) is 1.50. The molecule has 1 aromatic carbocycles. The van der Waals surface area contributed by atoms with E-state index in [1.165, 1.54) is 11.9 Å². The molecular formula is C20H24N4O3. The zero-order valence-electron chi connectivity index (χ0n) is 15.4. The average molecular weight is 368 g/mol. The molecule has 0 saturated carbocycles. The van der Waals surface area contributed by atoms with E-state index in [2.05, 4.69) is 27.3 Å². The average Bonchev–Trinajstić information content (AvgIpc) is 2.74. The van der Waals surface area contributed by atoms with E-state index in [4.69, 9.17) is 4.74 Å². The van der Waals surface area contributed by atoms with Gasteiger partial charge in [-0.3, -0.25) is 14.6 Å². The quantitative estimate of drug-likeness (QED) is 0.781. The van der Waals surface area contributed by atoms with Crippen LogP contribution in [0.5, 0.6) is 0 Å². The van der Waals surface area contributed by atoms with E-state index >= 15 is 0 Å². The van der Waals surface area contributed by atoms with Crippen molar-refractivity contribution in [2.45, 2.75) is 0 Å². The number of piperazine rings is 1. The number of methoxy groups -OCH3 is 1. The molecule has 0 spiro atoms. The summed E-state index contributed by atoms with van der Waals surface area (Å²) in [4.78, 5) is 33.1. The number of pyridine rings is 1. The topological polar surface area (TPSA) is 74.8 Å². The van der Waals surface area contributed by atoms with Crippen molar-refractivity contribution in [1.29, 1.82) is 0 Å². The highest BCUT2D eigenvalue weighted by Crippen LogP contribution is 2.17. The predicted octanol–water partition coefficient (Wildman–Crippen LogP) is 1.42. The summed E-state index contributed by atoms with van der Waals surface area (Å²) in [5, 5.41) is 2.71. The van der Waals surface area contributed by atoms with Crippen molar-refractivity contribution in [1.82, 2.24) is 15.2 Å². The smallest absolute Gasteiger partial charge is 0.269 e. The molecule has 0 bridgehead atoms. The van der Waals surface area contributed by atoms with E-state index in [1.807, 2.05) is 23.1 Å². The number of anilines is 1. The van der Waals surface area contributed by atoms with Crippen LogP contribution >= 0.6 is 0 Å². The Morgan fingerprint density at radius 1 is 1.11 bits per heavy atom. The Balaban J connectivity index is 1.60. The summed E-state index contributed by atoms with van der Waals surface area (Å²) in [6, 6.07) is 13.4. The third-order valence-electron chi connectivity index (χ3n) is 4.52. The number of rotatable bonds is 6. The largest absolute Gasteiger partial charge is 0.383 e. The van der Waals surface area contributed by atoms with Crippen molar-refractivity contribution >= 4 is 17.5 Å². The highest BCUT2D eigenvalue weighted by Gasteiger charge is 2.23. The molecule has 1 fully saturated rings. The molecule has 2 amide bonds. The van der Waals surface area contributed by atoms with Crippen molar-refractivity contribution in [2.75, 3.05) is 51.3 Å². The summed E-state index contributed by atoms with van der Waals surface area (Å²) in [7, 11) is 1.57. The van der Waals surface area contributed by atoms with Gasteiger partial charge in [0.15, 0.2) is 0 Å². The van der Waals surface area contributed by atoms with Crippen molar-refractivity contribution in [3.8, 4) is 0 Å². The Bertz CT molecular complexity index is 774. The first kappa shape index (κ1) is 18.8. The van der Waals surface area contributed by atoms with Gasteiger partial charge in [0.05, 0.1) is 6.61 Å². The standard InChI is InChI=1S/C20H24N4O3/c1-27-14-9-22-19(25)18-15-16(7-8-21-18)20(26)24-12-10-23(11-13-24)17-5-3-2-4-6-17/h2-8,15H,9-14H2,1H3,(H,22,25). The van der Waals surface area contributed by atoms with E-state index < -0.39 is 0 Å². The number of para-hydroxylation sites is 1. The number of hydrogen-bond acceptors (Lipinski definition) is 5. The van der Waals surface area contributed by atoms with Gasteiger partial charge in [0.25, 0.3) is 11.8 Å². The van der Waals surface area contributed by atoms with Gasteiger partial charge in [0.2, 0.25) is 0 Å². The number of ether oxygens (including phenoxy) is 1. The van der Waals surface area contributed by atoms with Crippen molar-refractivity contribution < 1.29 is 14.3 Å². The van der Waals surface area contributed by atoms with Crippen LogP contribution in [0.4, 0.5) is 5.69 Å². The molecule has 0 atom stereocenters. The lowest BCUT2D eigenvalue weighted by Gasteiger charge is -2.36. The Labute approximate surface area is 158 Å². The zero-order chi connectivity index (χ0) is 19.1. The third-order valence-corrected chi connectivity index (χ3v) is 4.52. The van der Waals surface area contributed by atoms with Gasteiger partial charge < -0.3 is 19.9 Å². The molecule has 0 aliphatic carbocycles. The van der Waals surface area contributed by atoms with Gasteiger partial charge in [-0.2, -0.15) is 0 Å². The van der Waals surface area contributed by atoms with E-state index in [9.17, 15) is 9.59 Å². The Hall–Kier alpha value is -2.93. The number of nitrogens with zero attached hydrogens (tertiary/aromatic N) is 3. The first-order valence-electron chi connectivity index (χ1n) is 9.01. The van der Waals surface area contributed by atoms with Gasteiger partial charge in [-0.15, -0.1) is 0 Å². The molecule has 1 N–H and O–H groups in total. The highest BCUT2D eigenvalue weighted by molar-refractivity contribution is 5.98. The molecule has 142 valence electrons. The summed E-state index contributed by atoms with van der Waals surface area (Å²) in [5.74, 6) is -0.383. The molecule has 0 radical (unpaired) electrons. The monoisotopic (exact) mass is 368 g/mol. The van der Waals surface area contributed by atoms with Crippen LogP contribution in [-0.4, -0.2) is 68.1 Å². The van der Waals surface area contributed by atoms with Crippen molar-refractivity contribution in [3.05, 3.63) is 59.9 Å². The zero-order valence-corrected chi connectivity index (χ0v) is 15.4. The van der Waals surface area contributed by atoms with Gasteiger partial charge in [-0.25, -0.2) is 0 Å². The predicted molar refractivity (Wildman–Crippen MR) is 103 cm³/mol. The van der Waals surface area contributed by atoms with Crippen LogP contribution in [0.25, 0.3) is 0 Å². The number of benzene rings is 1. The van der Waals surface area contributed by atoms with E-state index in [1.54, 1.807) is 19.2 Å². The lowest BCUT2D eigenvalue weighted by atomic mass is 10.1. The fourth-order valence-corrected chi connectivity index (χ4v) is 3.03. The van der Waals surface area contributed by atoms with Crippen LogP contribution in [0, 0.1) is 0 Å². The molecule has 0 unspecified atom stereocenters. The van der Waals surface area contributed by atoms with Crippen LogP contribution in [-0.2, 0) is 4.74 Å². The van der Waals surface area contributed by atoms with Crippen molar-refractivity contribution in [3.63, 3.8) is 0 Å². The number of carbonyl (C=O) groups excluding carboxylic acids is 2. The summed E-state index contributed by atoms with van der Waals surface area (Å²) >= 11 is 0. The maximum absolute atomic E-state index is 12.8. The molecule has 1 aromatic heterocycles. The number of nitrogens with one attached hydrogen (secondary N) is 1. The SMILES string of the molecule is COCCNC(=O)c1cc(C(=O)N2CCN(c3ccccc3)CC2)ccn1. The minimum absolute atomic E-state index is 0.0731. The number of amides is 2. The van der Waals surface area contributed by atoms with E-state index in [-0.39, 0.29) is 17.5 Å². The molecule has 1 saturated heterocycles. The lowest BCUT2D eigenvalue weighted by molar-refractivity contribution is 0.0746. The highest BCUT2D eigenvalue weighted by atomic mass is 16.5. The molecule has 2 aromatic rings. The van der Waals surface area contributed by atoms with Gasteiger partial charge >= 0.3 is 0 Å². The third kappa shape index (κ3) is 4.83. The maximum Gasteiger partial charge on any atom is 0.269 e. The molecular weight excluding hydrogens is 344 g/mol. The normalized spacial score (nSPS) is 14.1. The fourth-order valence-electron chi connectivity index (χ4n) is 3.03. The maximum atomic E-state index is 12.8. The van der Waals surface area contributed by atoms with Crippen molar-refractivity contribution in [2.24, 2.45) is 0 Å². The van der Waals surface area contributed by atoms with Gasteiger partial charge in [-0.05, 0) is 24.3 Å². The second-order valence-electron chi connectivity index (χ2n) is 6.29. The number of aromatic nitrogens is 1.